The zero-order chi connectivity index (χ0) is 25.4. The van der Waals surface area contributed by atoms with Crippen LogP contribution < -0.4 is 16.4 Å². The number of thioether (sulfide) groups is 1. The van der Waals surface area contributed by atoms with Gasteiger partial charge in [0, 0.05) is 17.7 Å². The van der Waals surface area contributed by atoms with E-state index in [1.165, 1.54) is 23.8 Å². The molecule has 34 heavy (non-hydrogen) atoms. The maximum atomic E-state index is 12.7. The van der Waals surface area contributed by atoms with Crippen molar-refractivity contribution in [1.82, 2.24) is 15.5 Å². The molecule has 2 heterocycles. The van der Waals surface area contributed by atoms with E-state index in [0.717, 1.165) is 7.11 Å². The van der Waals surface area contributed by atoms with Gasteiger partial charge in [-0.3, -0.25) is 19.3 Å². The minimum absolute atomic E-state index is 0.0250. The van der Waals surface area contributed by atoms with E-state index in [9.17, 15) is 28.8 Å². The molecule has 2 rings (SSSR count). The third-order valence-corrected chi connectivity index (χ3v) is 6.55. The number of carbonyl (C=O) groups is 6. The van der Waals surface area contributed by atoms with Crippen molar-refractivity contribution in [3.8, 4) is 0 Å². The normalized spacial score (nSPS) is 19.9. The summed E-state index contributed by atoms with van der Waals surface area (Å²) in [6.45, 7) is -0.276. The standard InChI is InChI=1S/C19H25ClN4O9S/c1-31-17(28)10(22-12(26)6-20)4-3-5-11(25)23-13-15(27)24-14(18(29)32-2)9(7-33-19(21)30)8-34-16(13)24/h10,13,16H,3-8H2,1-2H3,(H2,21,30)(H,22,26)(H,23,25)/t10?,13?,16-/m0/s1. The number of hydrogen-bond acceptors (Lipinski definition) is 10. The Morgan fingerprint density at radius 3 is 2.50 bits per heavy atom. The fourth-order valence-corrected chi connectivity index (χ4v) is 4.78. The molecular formula is C19H25ClN4O9S. The Kier molecular flexibility index (Phi) is 9.98. The third kappa shape index (κ3) is 6.53. The summed E-state index contributed by atoms with van der Waals surface area (Å²) in [7, 11) is 2.33. The second-order valence-electron chi connectivity index (χ2n) is 7.18. The van der Waals surface area contributed by atoms with Crippen LogP contribution in [0.3, 0.4) is 0 Å². The topological polar surface area (TPSA) is 183 Å². The van der Waals surface area contributed by atoms with Crippen LogP contribution in [0.5, 0.6) is 0 Å². The Balaban J connectivity index is 1.96. The number of methoxy groups -OCH3 is 2. The first-order valence-corrected chi connectivity index (χ1v) is 11.6. The molecular weight excluding hydrogens is 496 g/mol. The summed E-state index contributed by atoms with van der Waals surface area (Å²) in [6.07, 6.45) is -0.702. The molecule has 0 aromatic heterocycles. The zero-order valence-electron chi connectivity index (χ0n) is 18.5. The van der Waals surface area contributed by atoms with Crippen LogP contribution >= 0.6 is 23.4 Å². The van der Waals surface area contributed by atoms with E-state index in [2.05, 4.69) is 15.4 Å². The maximum Gasteiger partial charge on any atom is 0.404 e. The van der Waals surface area contributed by atoms with Crippen LogP contribution in [-0.2, 0) is 38.2 Å². The number of amides is 4. The number of ether oxygens (including phenoxy) is 3. The van der Waals surface area contributed by atoms with E-state index in [-0.39, 0.29) is 43.2 Å². The number of hydrogen-bond donors (Lipinski definition) is 3. The van der Waals surface area contributed by atoms with Gasteiger partial charge in [-0.15, -0.1) is 23.4 Å². The molecule has 1 saturated heterocycles. The summed E-state index contributed by atoms with van der Waals surface area (Å²) in [6, 6.07) is -1.82. The molecule has 0 aromatic rings. The van der Waals surface area contributed by atoms with E-state index in [1.807, 2.05) is 0 Å². The van der Waals surface area contributed by atoms with Gasteiger partial charge in [-0.2, -0.15) is 0 Å². The van der Waals surface area contributed by atoms with E-state index < -0.39 is 53.2 Å². The number of fused-ring (bicyclic) bond motifs is 1. The Bertz CT molecular complexity index is 897. The average Bonchev–Trinajstić information content (AvgIpc) is 2.83. The molecule has 2 aliphatic rings. The van der Waals surface area contributed by atoms with Crippen LogP contribution in [0.4, 0.5) is 4.79 Å². The number of primary amides is 1. The Hall–Kier alpha value is -3.00. The molecule has 15 heteroatoms. The molecule has 0 bridgehead atoms. The highest BCUT2D eigenvalue weighted by molar-refractivity contribution is 8.00. The lowest BCUT2D eigenvalue weighted by atomic mass is 10.0. The van der Waals surface area contributed by atoms with E-state index in [4.69, 9.17) is 26.8 Å². The van der Waals surface area contributed by atoms with Gasteiger partial charge in [-0.1, -0.05) is 0 Å². The molecule has 2 aliphatic heterocycles. The second kappa shape index (κ2) is 12.5. The summed E-state index contributed by atoms with van der Waals surface area (Å²) < 4.78 is 14.1. The third-order valence-electron chi connectivity index (χ3n) is 4.97. The molecule has 0 aromatic carbocycles. The summed E-state index contributed by atoms with van der Waals surface area (Å²) in [4.78, 5) is 72.7. The minimum Gasteiger partial charge on any atom is -0.467 e. The van der Waals surface area contributed by atoms with Crippen molar-refractivity contribution in [2.45, 2.75) is 36.7 Å². The number of rotatable bonds is 11. The highest BCUT2D eigenvalue weighted by Gasteiger charge is 2.54. The van der Waals surface area contributed by atoms with Crippen molar-refractivity contribution in [2.24, 2.45) is 5.73 Å². The van der Waals surface area contributed by atoms with Crippen LogP contribution in [0.1, 0.15) is 19.3 Å². The lowest BCUT2D eigenvalue weighted by molar-refractivity contribution is -0.151. The van der Waals surface area contributed by atoms with Gasteiger partial charge >= 0.3 is 18.0 Å². The first-order chi connectivity index (χ1) is 16.1. The smallest absolute Gasteiger partial charge is 0.404 e. The lowest BCUT2D eigenvalue weighted by Crippen LogP contribution is -2.70. The number of nitrogens with two attached hydrogens (primary N) is 1. The molecule has 1 fully saturated rings. The van der Waals surface area contributed by atoms with Gasteiger partial charge in [0.2, 0.25) is 11.8 Å². The summed E-state index contributed by atoms with van der Waals surface area (Å²) in [5, 5.41) is 4.49. The van der Waals surface area contributed by atoms with Gasteiger partial charge < -0.3 is 30.6 Å². The highest BCUT2D eigenvalue weighted by Crippen LogP contribution is 2.40. The van der Waals surface area contributed by atoms with E-state index >= 15 is 0 Å². The predicted molar refractivity (Wildman–Crippen MR) is 118 cm³/mol. The summed E-state index contributed by atoms with van der Waals surface area (Å²) in [5.74, 6) is -3.04. The monoisotopic (exact) mass is 520 g/mol. The van der Waals surface area contributed by atoms with Crippen LogP contribution in [0.15, 0.2) is 11.3 Å². The van der Waals surface area contributed by atoms with Crippen LogP contribution in [0.2, 0.25) is 0 Å². The number of nitrogens with zero attached hydrogens (tertiary/aromatic N) is 1. The second-order valence-corrected chi connectivity index (χ2v) is 8.55. The quantitative estimate of drug-likeness (QED) is 0.132. The number of carbonyl (C=O) groups excluding carboxylic acids is 6. The molecule has 0 spiro atoms. The van der Waals surface area contributed by atoms with Crippen molar-refractivity contribution in [3.05, 3.63) is 11.3 Å². The Morgan fingerprint density at radius 1 is 1.21 bits per heavy atom. The van der Waals surface area contributed by atoms with Gasteiger partial charge in [0.1, 0.15) is 35.6 Å². The van der Waals surface area contributed by atoms with Crippen LogP contribution in [0.25, 0.3) is 0 Å². The summed E-state index contributed by atoms with van der Waals surface area (Å²) in [5.41, 5.74) is 5.29. The number of esters is 2. The Morgan fingerprint density at radius 2 is 1.91 bits per heavy atom. The highest BCUT2D eigenvalue weighted by atomic mass is 35.5. The number of β-lactam (4-membered cyclic amide) rings is 1. The zero-order valence-corrected chi connectivity index (χ0v) is 20.0. The average molecular weight is 521 g/mol. The van der Waals surface area contributed by atoms with Crippen molar-refractivity contribution in [1.29, 1.82) is 0 Å². The molecule has 0 aliphatic carbocycles. The first-order valence-electron chi connectivity index (χ1n) is 10.0. The maximum absolute atomic E-state index is 12.7. The van der Waals surface area contributed by atoms with Crippen molar-refractivity contribution < 1.29 is 43.0 Å². The fourth-order valence-electron chi connectivity index (χ4n) is 3.37. The van der Waals surface area contributed by atoms with Gasteiger partial charge in [-0.05, 0) is 12.8 Å². The predicted octanol–water partition coefficient (Wildman–Crippen LogP) is -1.02. The SMILES string of the molecule is COC(=O)C1=C(COC(N)=O)CS[C@H]2C(NC(=O)CCCC(NC(=O)CCl)C(=O)OC)C(=O)N12. The van der Waals surface area contributed by atoms with Crippen molar-refractivity contribution in [2.75, 3.05) is 32.5 Å². The summed E-state index contributed by atoms with van der Waals surface area (Å²) >= 11 is 6.71. The van der Waals surface area contributed by atoms with Gasteiger partial charge in [-0.25, -0.2) is 14.4 Å². The molecule has 4 amide bonds. The molecule has 13 nitrogen and oxygen atoms in total. The first kappa shape index (κ1) is 27.2. The minimum atomic E-state index is -1.03. The van der Waals surface area contributed by atoms with Crippen molar-refractivity contribution >= 4 is 59.1 Å². The molecule has 4 N–H and O–H groups in total. The molecule has 188 valence electrons. The molecule has 3 atom stereocenters. The van der Waals surface area contributed by atoms with Gasteiger partial charge in [0.15, 0.2) is 0 Å². The van der Waals surface area contributed by atoms with Gasteiger partial charge in [0.25, 0.3) is 5.91 Å². The van der Waals surface area contributed by atoms with Crippen molar-refractivity contribution in [3.63, 3.8) is 0 Å². The largest absolute Gasteiger partial charge is 0.467 e. The number of alkyl halides is 1. The van der Waals surface area contributed by atoms with Crippen LogP contribution in [-0.4, -0.2) is 90.6 Å². The Labute approximate surface area is 204 Å². The molecule has 2 unspecified atom stereocenters. The molecule has 0 saturated carbocycles. The van der Waals surface area contributed by atoms with Crippen LogP contribution in [0, 0.1) is 0 Å². The van der Waals surface area contributed by atoms with E-state index in [0.29, 0.717) is 5.57 Å². The molecule has 0 radical (unpaired) electrons. The van der Waals surface area contributed by atoms with E-state index in [1.54, 1.807) is 0 Å². The number of halogens is 1. The van der Waals surface area contributed by atoms with Gasteiger partial charge in [0.05, 0.1) is 14.2 Å². The lowest BCUT2D eigenvalue weighted by Gasteiger charge is -2.49. The number of nitrogens with one attached hydrogen (secondary N) is 2. The fraction of sp³-hybridized carbons (Fsp3) is 0.579.